The molecule has 2 aliphatic rings. The maximum absolute atomic E-state index is 12.2. The van der Waals surface area contributed by atoms with E-state index >= 15 is 0 Å². The highest BCUT2D eigenvalue weighted by molar-refractivity contribution is 7.85. The lowest BCUT2D eigenvalue weighted by molar-refractivity contribution is -0.141. The van der Waals surface area contributed by atoms with E-state index in [9.17, 15) is 13.8 Å². The summed E-state index contributed by atoms with van der Waals surface area (Å²) < 4.78 is 11.9. The normalized spacial score (nSPS) is 30.9. The quantitative estimate of drug-likeness (QED) is 0.815. The Balaban J connectivity index is 1.82. The van der Waals surface area contributed by atoms with Crippen molar-refractivity contribution in [3.8, 4) is 0 Å². The summed E-state index contributed by atoms with van der Waals surface area (Å²) >= 11 is 0. The molecular formula is C14H24N2O4S. The Morgan fingerprint density at radius 2 is 2.10 bits per heavy atom. The molecule has 0 aromatic heterocycles. The van der Waals surface area contributed by atoms with Crippen LogP contribution in [0.5, 0.6) is 0 Å². The second-order valence-corrected chi connectivity index (χ2v) is 7.88. The first-order chi connectivity index (χ1) is 10.0. The van der Waals surface area contributed by atoms with Crippen LogP contribution in [0.1, 0.15) is 39.0 Å². The van der Waals surface area contributed by atoms with E-state index in [-0.39, 0.29) is 23.9 Å². The number of nitrogens with one attached hydrogen (secondary N) is 1. The molecule has 0 aromatic carbocycles. The third-order valence-corrected chi connectivity index (χ3v) is 6.18. The Kier molecular flexibility index (Phi) is 5.61. The highest BCUT2D eigenvalue weighted by Gasteiger charge is 2.33. The monoisotopic (exact) mass is 316 g/mol. The molecule has 6 nitrogen and oxygen atoms in total. The largest absolute Gasteiger partial charge is 0.481 e. The zero-order valence-corrected chi connectivity index (χ0v) is 13.2. The summed E-state index contributed by atoms with van der Waals surface area (Å²) in [6.07, 6.45) is 4.16. The molecule has 1 saturated heterocycles. The van der Waals surface area contributed by atoms with Gasteiger partial charge in [-0.3, -0.25) is 9.00 Å². The number of amides is 2. The highest BCUT2D eigenvalue weighted by atomic mass is 32.2. The van der Waals surface area contributed by atoms with Crippen LogP contribution in [0, 0.1) is 5.92 Å². The van der Waals surface area contributed by atoms with Gasteiger partial charge in [0.25, 0.3) is 0 Å². The molecule has 0 aromatic rings. The van der Waals surface area contributed by atoms with E-state index in [1.165, 1.54) is 0 Å². The number of likely N-dealkylation sites (tertiary alicyclic amines) is 1. The van der Waals surface area contributed by atoms with Gasteiger partial charge in [-0.15, -0.1) is 0 Å². The lowest BCUT2D eigenvalue weighted by atomic mass is 9.95. The minimum absolute atomic E-state index is 0.0654. The maximum atomic E-state index is 12.2. The van der Waals surface area contributed by atoms with Crippen LogP contribution >= 0.6 is 0 Å². The number of nitrogens with zero attached hydrogens (tertiary/aromatic N) is 1. The van der Waals surface area contributed by atoms with Crippen molar-refractivity contribution in [3.63, 3.8) is 0 Å². The lowest BCUT2D eigenvalue weighted by Gasteiger charge is -2.30. The molecule has 2 amide bonds. The van der Waals surface area contributed by atoms with E-state index in [0.717, 1.165) is 25.7 Å². The summed E-state index contributed by atoms with van der Waals surface area (Å²) in [6.45, 7) is 2.71. The minimum atomic E-state index is -0.832. The van der Waals surface area contributed by atoms with Crippen LogP contribution in [0.2, 0.25) is 0 Å². The van der Waals surface area contributed by atoms with Gasteiger partial charge in [0.1, 0.15) is 0 Å². The molecule has 0 radical (unpaired) electrons. The molecule has 4 atom stereocenters. The molecule has 0 spiro atoms. The molecule has 120 valence electrons. The fourth-order valence-electron chi connectivity index (χ4n) is 3.16. The molecule has 2 rings (SSSR count). The SMILES string of the molecule is CCS(=O)C1CCCC(NC(=O)N2CCC(C(=O)O)C2)C1. The van der Waals surface area contributed by atoms with Crippen LogP contribution in [-0.4, -0.2) is 56.3 Å². The van der Waals surface area contributed by atoms with E-state index in [4.69, 9.17) is 5.11 Å². The number of carbonyl (C=O) groups is 2. The van der Waals surface area contributed by atoms with Gasteiger partial charge in [-0.25, -0.2) is 4.79 Å². The first kappa shape index (κ1) is 16.3. The van der Waals surface area contributed by atoms with Crippen LogP contribution in [0.25, 0.3) is 0 Å². The fourth-order valence-corrected chi connectivity index (χ4v) is 4.51. The Hall–Kier alpha value is -1.11. The van der Waals surface area contributed by atoms with Gasteiger partial charge in [-0.05, 0) is 25.7 Å². The number of urea groups is 1. The number of rotatable bonds is 4. The van der Waals surface area contributed by atoms with Crippen molar-refractivity contribution in [1.82, 2.24) is 10.2 Å². The van der Waals surface area contributed by atoms with Crippen LogP contribution in [0.3, 0.4) is 0 Å². The summed E-state index contributed by atoms with van der Waals surface area (Å²) in [5, 5.41) is 12.1. The predicted octanol–water partition coefficient (Wildman–Crippen LogP) is 1.18. The Labute approximate surface area is 127 Å². The van der Waals surface area contributed by atoms with Gasteiger partial charge < -0.3 is 15.3 Å². The smallest absolute Gasteiger partial charge is 0.317 e. The summed E-state index contributed by atoms with van der Waals surface area (Å²) in [5.41, 5.74) is 0. The third-order valence-electron chi connectivity index (χ3n) is 4.43. The number of carbonyl (C=O) groups excluding carboxylic acids is 1. The van der Waals surface area contributed by atoms with Gasteiger partial charge in [0, 0.05) is 40.9 Å². The second kappa shape index (κ2) is 7.24. The third kappa shape index (κ3) is 4.18. The van der Waals surface area contributed by atoms with Crippen LogP contribution < -0.4 is 5.32 Å². The molecule has 7 heteroatoms. The average molecular weight is 316 g/mol. The van der Waals surface area contributed by atoms with Crippen LogP contribution in [0.15, 0.2) is 0 Å². The molecule has 4 unspecified atom stereocenters. The van der Waals surface area contributed by atoms with E-state index in [1.54, 1.807) is 4.90 Å². The van der Waals surface area contributed by atoms with E-state index in [1.807, 2.05) is 6.92 Å². The van der Waals surface area contributed by atoms with Gasteiger partial charge in [0.2, 0.25) is 0 Å². The van der Waals surface area contributed by atoms with E-state index < -0.39 is 22.7 Å². The van der Waals surface area contributed by atoms with Gasteiger partial charge in [-0.2, -0.15) is 0 Å². The van der Waals surface area contributed by atoms with Crippen LogP contribution in [-0.2, 0) is 15.6 Å². The topological polar surface area (TPSA) is 86.7 Å². The van der Waals surface area contributed by atoms with Crippen molar-refractivity contribution in [2.24, 2.45) is 5.92 Å². The summed E-state index contributed by atoms with van der Waals surface area (Å²) in [6, 6.07) is -0.109. The molecule has 1 saturated carbocycles. The van der Waals surface area contributed by atoms with Crippen molar-refractivity contribution in [1.29, 1.82) is 0 Å². The van der Waals surface area contributed by atoms with E-state index in [2.05, 4.69) is 5.32 Å². The Morgan fingerprint density at radius 3 is 2.71 bits per heavy atom. The van der Waals surface area contributed by atoms with Crippen molar-refractivity contribution >= 4 is 22.8 Å². The number of hydrogen-bond donors (Lipinski definition) is 2. The fraction of sp³-hybridized carbons (Fsp3) is 0.857. The van der Waals surface area contributed by atoms with Gasteiger partial charge in [0.15, 0.2) is 0 Å². The molecule has 1 aliphatic heterocycles. The maximum Gasteiger partial charge on any atom is 0.317 e. The number of carboxylic acids is 1. The molecule has 0 bridgehead atoms. The molecule has 1 aliphatic carbocycles. The van der Waals surface area contributed by atoms with Crippen LogP contribution in [0.4, 0.5) is 4.79 Å². The number of aliphatic carboxylic acids is 1. The zero-order valence-electron chi connectivity index (χ0n) is 12.4. The van der Waals surface area contributed by atoms with Crippen molar-refractivity contribution < 1.29 is 18.9 Å². The first-order valence-corrected chi connectivity index (χ1v) is 9.04. The molecule has 2 fully saturated rings. The van der Waals surface area contributed by atoms with Gasteiger partial charge in [-0.1, -0.05) is 13.3 Å². The Morgan fingerprint density at radius 1 is 1.33 bits per heavy atom. The molecular weight excluding hydrogens is 292 g/mol. The zero-order chi connectivity index (χ0) is 15.4. The van der Waals surface area contributed by atoms with Crippen molar-refractivity contribution in [3.05, 3.63) is 0 Å². The molecule has 21 heavy (non-hydrogen) atoms. The molecule has 2 N–H and O–H groups in total. The summed E-state index contributed by atoms with van der Waals surface area (Å²) in [7, 11) is -0.805. The van der Waals surface area contributed by atoms with Gasteiger partial charge in [0.05, 0.1) is 5.92 Å². The van der Waals surface area contributed by atoms with Crippen molar-refractivity contribution in [2.75, 3.05) is 18.8 Å². The average Bonchev–Trinajstić information content (AvgIpc) is 2.97. The Bertz CT molecular complexity index is 429. The number of hydrogen-bond acceptors (Lipinski definition) is 3. The predicted molar refractivity (Wildman–Crippen MR) is 80.6 cm³/mol. The van der Waals surface area contributed by atoms with Gasteiger partial charge >= 0.3 is 12.0 Å². The lowest BCUT2D eigenvalue weighted by Crippen LogP contribution is -2.47. The second-order valence-electron chi connectivity index (χ2n) is 5.87. The minimum Gasteiger partial charge on any atom is -0.481 e. The standard InChI is InChI=1S/C14H24N2O4S/c1-2-21(20)12-5-3-4-11(8-12)15-14(19)16-7-6-10(9-16)13(17)18/h10-12H,2-9H2,1H3,(H,15,19)(H,17,18). The first-order valence-electron chi connectivity index (χ1n) is 7.66. The summed E-state index contributed by atoms with van der Waals surface area (Å²) in [5.74, 6) is -0.610. The highest BCUT2D eigenvalue weighted by Crippen LogP contribution is 2.24. The molecule has 1 heterocycles. The number of carboxylic acid groups (broad SMARTS) is 1. The van der Waals surface area contributed by atoms with Crippen molar-refractivity contribution in [2.45, 2.75) is 50.3 Å². The van der Waals surface area contributed by atoms with E-state index in [0.29, 0.717) is 18.7 Å². The summed E-state index contributed by atoms with van der Waals surface area (Å²) in [4.78, 5) is 24.7.